The second kappa shape index (κ2) is 4.25. The third-order valence-corrected chi connectivity index (χ3v) is 3.22. The molecule has 1 aliphatic heterocycles. The molecule has 1 amide bonds. The maximum absolute atomic E-state index is 11.2. The molecule has 5 heteroatoms. The SMILES string of the molecule is O=C1CC(c2ccc(Br)cc2)[C@@H](C(=O)O)N1. The zero-order valence-electron chi connectivity index (χ0n) is 8.31. The highest BCUT2D eigenvalue weighted by Gasteiger charge is 2.38. The van der Waals surface area contributed by atoms with Crippen LogP contribution in [0.25, 0.3) is 0 Å². The molecule has 1 aromatic rings. The van der Waals surface area contributed by atoms with Crippen molar-refractivity contribution in [3.63, 3.8) is 0 Å². The summed E-state index contributed by atoms with van der Waals surface area (Å²) in [6, 6.07) is 6.55. The fourth-order valence-corrected chi connectivity index (χ4v) is 2.17. The molecule has 0 saturated carbocycles. The number of carbonyl (C=O) groups is 2. The number of amides is 1. The summed E-state index contributed by atoms with van der Waals surface area (Å²) >= 11 is 3.31. The van der Waals surface area contributed by atoms with Crippen molar-refractivity contribution < 1.29 is 14.7 Å². The number of carboxylic acids is 1. The van der Waals surface area contributed by atoms with E-state index in [1.165, 1.54) is 0 Å². The average molecular weight is 284 g/mol. The Hall–Kier alpha value is -1.36. The van der Waals surface area contributed by atoms with E-state index in [0.717, 1.165) is 10.0 Å². The zero-order chi connectivity index (χ0) is 11.7. The van der Waals surface area contributed by atoms with Gasteiger partial charge in [0.25, 0.3) is 0 Å². The molecule has 4 nitrogen and oxygen atoms in total. The molecule has 0 spiro atoms. The highest BCUT2D eigenvalue weighted by atomic mass is 79.9. The number of carboxylic acid groups (broad SMARTS) is 1. The number of hydrogen-bond acceptors (Lipinski definition) is 2. The van der Waals surface area contributed by atoms with Crippen LogP contribution in [0, 0.1) is 0 Å². The fourth-order valence-electron chi connectivity index (χ4n) is 1.90. The molecule has 1 saturated heterocycles. The molecule has 84 valence electrons. The van der Waals surface area contributed by atoms with Gasteiger partial charge in [-0.25, -0.2) is 4.79 Å². The van der Waals surface area contributed by atoms with Crippen LogP contribution in [0.3, 0.4) is 0 Å². The van der Waals surface area contributed by atoms with Gasteiger partial charge in [-0.05, 0) is 17.7 Å². The molecule has 0 aliphatic carbocycles. The predicted molar refractivity (Wildman–Crippen MR) is 61.1 cm³/mol. The van der Waals surface area contributed by atoms with Gasteiger partial charge in [0.2, 0.25) is 5.91 Å². The molecule has 1 heterocycles. The number of halogens is 1. The van der Waals surface area contributed by atoms with Gasteiger partial charge in [0, 0.05) is 16.8 Å². The maximum atomic E-state index is 11.2. The lowest BCUT2D eigenvalue weighted by Crippen LogP contribution is -2.35. The number of carbonyl (C=O) groups excluding carboxylic acids is 1. The zero-order valence-corrected chi connectivity index (χ0v) is 9.90. The molecule has 16 heavy (non-hydrogen) atoms. The first-order valence-corrected chi connectivity index (χ1v) is 5.65. The van der Waals surface area contributed by atoms with Crippen LogP contribution in [-0.4, -0.2) is 23.0 Å². The van der Waals surface area contributed by atoms with Gasteiger partial charge in [-0.3, -0.25) is 4.79 Å². The van der Waals surface area contributed by atoms with Crippen molar-refractivity contribution in [1.82, 2.24) is 5.32 Å². The first kappa shape index (κ1) is 11.1. The molecule has 0 aromatic heterocycles. The van der Waals surface area contributed by atoms with E-state index < -0.39 is 12.0 Å². The summed E-state index contributed by atoms with van der Waals surface area (Å²) in [5.41, 5.74) is 0.869. The molecule has 2 rings (SSSR count). The lowest BCUT2D eigenvalue weighted by Gasteiger charge is -2.14. The highest BCUT2D eigenvalue weighted by Crippen LogP contribution is 2.29. The predicted octanol–water partition coefficient (Wildman–Crippen LogP) is 1.51. The molecular formula is C11H10BrNO3. The van der Waals surface area contributed by atoms with Crippen molar-refractivity contribution >= 4 is 27.8 Å². The van der Waals surface area contributed by atoms with Gasteiger partial charge in [0.15, 0.2) is 0 Å². The van der Waals surface area contributed by atoms with E-state index in [4.69, 9.17) is 5.11 Å². The second-order valence-electron chi connectivity index (χ2n) is 3.75. The van der Waals surface area contributed by atoms with Crippen LogP contribution in [0.4, 0.5) is 0 Å². The van der Waals surface area contributed by atoms with E-state index in [1.807, 2.05) is 24.3 Å². The summed E-state index contributed by atoms with van der Waals surface area (Å²) in [5, 5.41) is 11.5. The van der Waals surface area contributed by atoms with Crippen molar-refractivity contribution in [3.8, 4) is 0 Å². The van der Waals surface area contributed by atoms with E-state index in [-0.39, 0.29) is 18.2 Å². The Balaban J connectivity index is 2.28. The molecule has 2 N–H and O–H groups in total. The molecule has 0 bridgehead atoms. The molecule has 0 radical (unpaired) electrons. The van der Waals surface area contributed by atoms with Crippen LogP contribution in [0.15, 0.2) is 28.7 Å². The quantitative estimate of drug-likeness (QED) is 0.865. The van der Waals surface area contributed by atoms with Gasteiger partial charge < -0.3 is 10.4 Å². The van der Waals surface area contributed by atoms with Gasteiger partial charge in [0.1, 0.15) is 6.04 Å². The monoisotopic (exact) mass is 283 g/mol. The number of hydrogen-bond donors (Lipinski definition) is 2. The highest BCUT2D eigenvalue weighted by molar-refractivity contribution is 9.10. The van der Waals surface area contributed by atoms with E-state index in [0.29, 0.717) is 0 Å². The average Bonchev–Trinajstić information content (AvgIpc) is 2.61. The van der Waals surface area contributed by atoms with Crippen molar-refractivity contribution in [2.45, 2.75) is 18.4 Å². The second-order valence-corrected chi connectivity index (χ2v) is 4.66. The number of benzene rings is 1. The van der Waals surface area contributed by atoms with Crippen LogP contribution < -0.4 is 5.32 Å². The van der Waals surface area contributed by atoms with Crippen LogP contribution >= 0.6 is 15.9 Å². The molecule has 1 aromatic carbocycles. The first-order valence-electron chi connectivity index (χ1n) is 4.85. The summed E-state index contributed by atoms with van der Waals surface area (Å²) in [6.07, 6.45) is 0.235. The Morgan fingerprint density at radius 1 is 1.38 bits per heavy atom. The summed E-state index contributed by atoms with van der Waals surface area (Å²) in [7, 11) is 0. The number of rotatable bonds is 2. The van der Waals surface area contributed by atoms with Crippen LogP contribution in [0.1, 0.15) is 17.9 Å². The van der Waals surface area contributed by atoms with Gasteiger partial charge in [-0.1, -0.05) is 28.1 Å². The Labute approximate surface area is 101 Å². The Kier molecular flexibility index (Phi) is 2.96. The van der Waals surface area contributed by atoms with Crippen molar-refractivity contribution in [2.24, 2.45) is 0 Å². The van der Waals surface area contributed by atoms with Crippen LogP contribution in [0.2, 0.25) is 0 Å². The summed E-state index contributed by atoms with van der Waals surface area (Å²) < 4.78 is 0.931. The van der Waals surface area contributed by atoms with E-state index in [1.54, 1.807) is 0 Å². The molecule has 1 unspecified atom stereocenters. The largest absolute Gasteiger partial charge is 0.480 e. The third-order valence-electron chi connectivity index (χ3n) is 2.69. The van der Waals surface area contributed by atoms with Gasteiger partial charge in [-0.2, -0.15) is 0 Å². The van der Waals surface area contributed by atoms with E-state index in [9.17, 15) is 9.59 Å². The molecular weight excluding hydrogens is 274 g/mol. The number of aliphatic carboxylic acids is 1. The third kappa shape index (κ3) is 2.09. The van der Waals surface area contributed by atoms with Crippen molar-refractivity contribution in [1.29, 1.82) is 0 Å². The van der Waals surface area contributed by atoms with Crippen molar-refractivity contribution in [3.05, 3.63) is 34.3 Å². The summed E-state index contributed by atoms with van der Waals surface area (Å²) in [5.74, 6) is -1.47. The first-order chi connectivity index (χ1) is 7.58. The fraction of sp³-hybridized carbons (Fsp3) is 0.273. The Morgan fingerprint density at radius 3 is 2.56 bits per heavy atom. The minimum Gasteiger partial charge on any atom is -0.480 e. The van der Waals surface area contributed by atoms with Crippen LogP contribution in [-0.2, 0) is 9.59 Å². The standard InChI is InChI=1S/C11H10BrNO3/c12-7-3-1-6(2-4-7)8-5-9(14)13-10(8)11(15)16/h1-4,8,10H,5H2,(H,13,14)(H,15,16)/t8?,10-/m0/s1. The van der Waals surface area contributed by atoms with Gasteiger partial charge in [0.05, 0.1) is 0 Å². The lowest BCUT2D eigenvalue weighted by atomic mass is 9.92. The summed E-state index contributed by atoms with van der Waals surface area (Å²) in [4.78, 5) is 22.2. The van der Waals surface area contributed by atoms with Crippen LogP contribution in [0.5, 0.6) is 0 Å². The molecule has 1 aliphatic rings. The maximum Gasteiger partial charge on any atom is 0.326 e. The molecule has 2 atom stereocenters. The molecule has 1 fully saturated rings. The Bertz CT molecular complexity index is 429. The minimum absolute atomic E-state index is 0.208. The van der Waals surface area contributed by atoms with Crippen molar-refractivity contribution in [2.75, 3.05) is 0 Å². The number of nitrogens with one attached hydrogen (secondary N) is 1. The topological polar surface area (TPSA) is 66.4 Å². The normalized spacial score (nSPS) is 24.2. The lowest BCUT2D eigenvalue weighted by molar-refractivity contribution is -0.140. The minimum atomic E-state index is -0.987. The van der Waals surface area contributed by atoms with Gasteiger partial charge >= 0.3 is 5.97 Å². The van der Waals surface area contributed by atoms with E-state index >= 15 is 0 Å². The van der Waals surface area contributed by atoms with Gasteiger partial charge in [-0.15, -0.1) is 0 Å². The Morgan fingerprint density at radius 2 is 2.00 bits per heavy atom. The summed E-state index contributed by atoms with van der Waals surface area (Å²) in [6.45, 7) is 0. The smallest absolute Gasteiger partial charge is 0.326 e. The van der Waals surface area contributed by atoms with E-state index in [2.05, 4.69) is 21.2 Å².